The molecule has 2 atom stereocenters. The molecule has 2 aliphatic rings. The lowest BCUT2D eigenvalue weighted by Gasteiger charge is -2.41. The Morgan fingerprint density at radius 1 is 1.03 bits per heavy atom. The lowest BCUT2D eigenvalue weighted by molar-refractivity contribution is -0.138. The van der Waals surface area contributed by atoms with Crippen molar-refractivity contribution in [3.8, 4) is 5.75 Å². The van der Waals surface area contributed by atoms with Crippen LogP contribution in [0.15, 0.2) is 42.7 Å². The topological polar surface area (TPSA) is 79.5 Å². The van der Waals surface area contributed by atoms with Crippen molar-refractivity contribution in [2.45, 2.75) is 61.8 Å². The molecule has 0 bridgehead atoms. The van der Waals surface area contributed by atoms with Gasteiger partial charge in [0.2, 0.25) is 0 Å². The third-order valence-corrected chi connectivity index (χ3v) is 7.16. The number of fused-ring (bicyclic) bond motifs is 1. The number of aromatic nitrogens is 2. The smallest absolute Gasteiger partial charge is 0.418 e. The zero-order valence-electron chi connectivity index (χ0n) is 19.7. The molecule has 2 aromatic carbocycles. The van der Waals surface area contributed by atoms with E-state index in [0.717, 1.165) is 18.2 Å². The van der Waals surface area contributed by atoms with Gasteiger partial charge in [-0.2, -0.15) is 26.3 Å². The number of β-amino-alcohol motifs (C(OH)–C–C–N with tert-alkyl or cyclic N) is 1. The molecule has 3 aromatic rings. The SMILES string of the molecule is CC1(O)CC(n2cnc3cc(OC[C@@H]4C[C@](O)(c5ccc(C(F)(F)F)cc5)CN4)cc(C(F)(F)F)c32)C1. The first-order chi connectivity index (χ1) is 17.1. The number of rotatable bonds is 5. The van der Waals surface area contributed by atoms with Crippen LogP contribution in [0.5, 0.6) is 5.75 Å². The Morgan fingerprint density at radius 2 is 1.70 bits per heavy atom. The van der Waals surface area contributed by atoms with Crippen molar-refractivity contribution in [2.75, 3.05) is 13.2 Å². The van der Waals surface area contributed by atoms with Crippen LogP contribution in [0.1, 0.15) is 48.9 Å². The highest BCUT2D eigenvalue weighted by Crippen LogP contribution is 2.45. The summed E-state index contributed by atoms with van der Waals surface area (Å²) in [5.74, 6) is -0.0440. The van der Waals surface area contributed by atoms with Gasteiger partial charge in [0.25, 0.3) is 0 Å². The number of imidazole rings is 1. The van der Waals surface area contributed by atoms with Crippen molar-refractivity contribution in [1.29, 1.82) is 0 Å². The fourth-order valence-corrected chi connectivity index (χ4v) is 5.24. The molecule has 37 heavy (non-hydrogen) atoms. The highest BCUT2D eigenvalue weighted by molar-refractivity contribution is 5.82. The summed E-state index contributed by atoms with van der Waals surface area (Å²) in [7, 11) is 0. The number of nitrogens with one attached hydrogen (secondary N) is 1. The minimum Gasteiger partial charge on any atom is -0.492 e. The second kappa shape index (κ2) is 8.60. The van der Waals surface area contributed by atoms with Crippen LogP contribution < -0.4 is 10.1 Å². The molecule has 5 rings (SSSR count). The molecule has 1 saturated heterocycles. The Morgan fingerprint density at radius 3 is 2.30 bits per heavy atom. The standard InChI is InChI=1S/C25H25F6N3O3/c1-22(35)9-17(10-22)34-13-33-20-7-18(6-19(21(20)34)25(29,30)31)37-11-16-8-23(36,12-32-16)14-2-4-15(5-3-14)24(26,27)28/h2-7,13,16-17,32,35-36H,8-12H2,1H3/t16-,17?,22?,23+/m0/s1. The number of ether oxygens (including phenoxy) is 1. The van der Waals surface area contributed by atoms with Gasteiger partial charge in [-0.05, 0) is 43.5 Å². The van der Waals surface area contributed by atoms with Crippen LogP contribution in [0.25, 0.3) is 11.0 Å². The Kier molecular flexibility index (Phi) is 6.00. The summed E-state index contributed by atoms with van der Waals surface area (Å²) in [6.45, 7) is 1.61. The summed E-state index contributed by atoms with van der Waals surface area (Å²) >= 11 is 0. The maximum atomic E-state index is 14.0. The zero-order chi connectivity index (χ0) is 26.8. The largest absolute Gasteiger partial charge is 0.492 e. The van der Waals surface area contributed by atoms with Gasteiger partial charge in [0.05, 0.1) is 34.1 Å². The molecule has 1 aliphatic carbocycles. The Balaban J connectivity index is 1.31. The van der Waals surface area contributed by atoms with Gasteiger partial charge in [0.15, 0.2) is 0 Å². The number of aliphatic hydroxyl groups is 2. The number of nitrogens with zero attached hydrogens (tertiary/aromatic N) is 2. The molecule has 6 nitrogen and oxygen atoms in total. The maximum Gasteiger partial charge on any atom is 0.418 e. The van der Waals surface area contributed by atoms with Crippen molar-refractivity contribution >= 4 is 11.0 Å². The molecule has 12 heteroatoms. The molecule has 0 amide bonds. The molecule has 2 heterocycles. The number of alkyl halides is 6. The van der Waals surface area contributed by atoms with Gasteiger partial charge < -0.3 is 24.8 Å². The second-order valence-corrected chi connectivity index (χ2v) is 10.2. The minimum absolute atomic E-state index is 0.0440. The van der Waals surface area contributed by atoms with Gasteiger partial charge in [-0.25, -0.2) is 4.98 Å². The molecule has 2 fully saturated rings. The van der Waals surface area contributed by atoms with E-state index in [9.17, 15) is 36.6 Å². The van der Waals surface area contributed by atoms with Crippen molar-refractivity contribution in [3.05, 3.63) is 59.4 Å². The van der Waals surface area contributed by atoms with Gasteiger partial charge in [0.1, 0.15) is 18.0 Å². The summed E-state index contributed by atoms with van der Waals surface area (Å²) < 4.78 is 87.5. The molecular weight excluding hydrogens is 504 g/mol. The number of benzene rings is 2. The van der Waals surface area contributed by atoms with Crippen molar-refractivity contribution < 1.29 is 41.3 Å². The third-order valence-electron chi connectivity index (χ3n) is 7.16. The summed E-state index contributed by atoms with van der Waals surface area (Å²) in [5.41, 5.74) is -3.75. The summed E-state index contributed by atoms with van der Waals surface area (Å²) in [6, 6.07) is 5.81. The van der Waals surface area contributed by atoms with E-state index in [1.807, 2.05) is 0 Å². The molecule has 0 unspecified atom stereocenters. The lowest BCUT2D eigenvalue weighted by atomic mass is 9.77. The molecule has 1 aromatic heterocycles. The molecule has 1 saturated carbocycles. The van der Waals surface area contributed by atoms with E-state index < -0.39 is 40.7 Å². The van der Waals surface area contributed by atoms with E-state index in [-0.39, 0.29) is 42.4 Å². The molecule has 1 aliphatic heterocycles. The normalized spacial score (nSPS) is 28.5. The summed E-state index contributed by atoms with van der Waals surface area (Å²) in [4.78, 5) is 4.14. The fourth-order valence-electron chi connectivity index (χ4n) is 5.24. The summed E-state index contributed by atoms with van der Waals surface area (Å²) in [6.07, 6.45) is -7.08. The zero-order valence-corrected chi connectivity index (χ0v) is 19.7. The Labute approximate surface area is 207 Å². The van der Waals surface area contributed by atoms with Crippen LogP contribution in [0.2, 0.25) is 0 Å². The first kappa shape index (κ1) is 25.8. The van der Waals surface area contributed by atoms with Gasteiger partial charge in [0, 0.05) is 31.1 Å². The van der Waals surface area contributed by atoms with Crippen LogP contribution in [0, 0.1) is 0 Å². The van der Waals surface area contributed by atoms with E-state index in [1.165, 1.54) is 29.1 Å². The molecule has 200 valence electrons. The van der Waals surface area contributed by atoms with Crippen molar-refractivity contribution in [2.24, 2.45) is 0 Å². The first-order valence-electron chi connectivity index (χ1n) is 11.7. The van der Waals surface area contributed by atoms with Gasteiger partial charge in [-0.3, -0.25) is 0 Å². The van der Waals surface area contributed by atoms with Crippen LogP contribution in [-0.2, 0) is 18.0 Å². The monoisotopic (exact) mass is 529 g/mol. The number of hydrogen-bond acceptors (Lipinski definition) is 5. The lowest BCUT2D eigenvalue weighted by Crippen LogP contribution is -2.41. The minimum atomic E-state index is -4.67. The van der Waals surface area contributed by atoms with Crippen LogP contribution in [0.3, 0.4) is 0 Å². The number of hydrogen-bond donors (Lipinski definition) is 3. The average molecular weight is 529 g/mol. The predicted octanol–water partition coefficient (Wildman–Crippen LogP) is 4.79. The van der Waals surface area contributed by atoms with Gasteiger partial charge in [-0.15, -0.1) is 0 Å². The second-order valence-electron chi connectivity index (χ2n) is 10.2. The van der Waals surface area contributed by atoms with Gasteiger partial charge >= 0.3 is 12.4 Å². The fraction of sp³-hybridized carbons (Fsp3) is 0.480. The third kappa shape index (κ3) is 5.01. The predicted molar refractivity (Wildman–Crippen MR) is 121 cm³/mol. The van der Waals surface area contributed by atoms with Crippen LogP contribution in [0.4, 0.5) is 26.3 Å². The summed E-state index contributed by atoms with van der Waals surface area (Å²) in [5, 5.41) is 24.0. The maximum absolute atomic E-state index is 14.0. The molecule has 0 radical (unpaired) electrons. The van der Waals surface area contributed by atoms with E-state index in [1.54, 1.807) is 6.92 Å². The first-order valence-corrected chi connectivity index (χ1v) is 11.7. The average Bonchev–Trinajstić information content (AvgIpc) is 3.38. The van der Waals surface area contributed by atoms with Crippen molar-refractivity contribution in [1.82, 2.24) is 14.9 Å². The molecular formula is C25H25F6N3O3. The highest BCUT2D eigenvalue weighted by atomic mass is 19.4. The Hall–Kier alpha value is -2.83. The van der Waals surface area contributed by atoms with E-state index in [4.69, 9.17) is 4.74 Å². The number of halogens is 6. The van der Waals surface area contributed by atoms with E-state index in [0.29, 0.717) is 18.4 Å². The quantitative estimate of drug-likeness (QED) is 0.415. The Bertz CT molecular complexity index is 1290. The van der Waals surface area contributed by atoms with Crippen LogP contribution in [-0.4, -0.2) is 44.6 Å². The highest BCUT2D eigenvalue weighted by Gasteiger charge is 2.43. The van der Waals surface area contributed by atoms with Crippen LogP contribution >= 0.6 is 0 Å². The molecule has 3 N–H and O–H groups in total. The van der Waals surface area contributed by atoms with E-state index in [2.05, 4.69) is 10.3 Å². The van der Waals surface area contributed by atoms with Crippen molar-refractivity contribution in [3.63, 3.8) is 0 Å². The van der Waals surface area contributed by atoms with Gasteiger partial charge in [-0.1, -0.05) is 12.1 Å². The van der Waals surface area contributed by atoms with E-state index >= 15 is 0 Å². The molecule has 0 spiro atoms.